The fraction of sp³-hybridized carbons (Fsp3) is 0.947. The molecule has 0 aromatic rings. The zero-order chi connectivity index (χ0) is 20.7. The molecule has 0 aliphatic carbocycles. The van der Waals surface area contributed by atoms with Crippen LogP contribution >= 0.6 is 0 Å². The predicted molar refractivity (Wildman–Crippen MR) is 108 cm³/mol. The van der Waals surface area contributed by atoms with Crippen LogP contribution in [0.15, 0.2) is 4.99 Å². The van der Waals surface area contributed by atoms with Crippen LogP contribution in [0.4, 0.5) is 13.2 Å². The summed E-state index contributed by atoms with van der Waals surface area (Å²) < 4.78 is 38.8. The first kappa shape index (κ1) is 23.2. The number of nitrogens with one attached hydrogen (secondary N) is 1. The molecule has 0 radical (unpaired) electrons. The van der Waals surface area contributed by atoms with Gasteiger partial charge >= 0.3 is 6.18 Å². The van der Waals surface area contributed by atoms with Gasteiger partial charge in [-0.05, 0) is 27.3 Å². The maximum Gasteiger partial charge on any atom is 0.403 e. The maximum atomic E-state index is 12.9. The second-order valence-corrected chi connectivity index (χ2v) is 7.75. The summed E-state index contributed by atoms with van der Waals surface area (Å²) in [5.41, 5.74) is 0. The van der Waals surface area contributed by atoms with E-state index in [1.807, 2.05) is 6.92 Å². The number of aliphatic imine (C=N–C) groups is 1. The summed E-state index contributed by atoms with van der Waals surface area (Å²) in [4.78, 5) is 13.3. The summed E-state index contributed by atoms with van der Waals surface area (Å²) in [5, 5.41) is 3.31. The number of nitrogens with zero attached hydrogens (tertiary/aromatic N) is 5. The Morgan fingerprint density at radius 3 is 2.00 bits per heavy atom. The van der Waals surface area contributed by atoms with E-state index in [0.29, 0.717) is 38.8 Å². The Bertz CT molecular complexity index is 483. The molecule has 2 heterocycles. The van der Waals surface area contributed by atoms with Crippen LogP contribution in [0.1, 0.15) is 27.7 Å². The minimum atomic E-state index is -4.17. The second-order valence-electron chi connectivity index (χ2n) is 7.75. The molecule has 9 heteroatoms. The number of likely N-dealkylation sites (N-methyl/N-ethyl adjacent to an activating group) is 1. The second kappa shape index (κ2) is 10.6. The van der Waals surface area contributed by atoms with Crippen molar-refractivity contribution < 1.29 is 13.2 Å². The average Bonchev–Trinajstić information content (AvgIpc) is 2.70. The summed E-state index contributed by atoms with van der Waals surface area (Å²) >= 11 is 0. The molecule has 2 aliphatic rings. The van der Waals surface area contributed by atoms with Crippen molar-refractivity contribution >= 4 is 5.96 Å². The molecule has 2 rings (SSSR count). The van der Waals surface area contributed by atoms with E-state index in [-0.39, 0.29) is 0 Å². The summed E-state index contributed by atoms with van der Waals surface area (Å²) in [6.07, 6.45) is -4.17. The molecular formula is C19H37F3N6. The van der Waals surface area contributed by atoms with Crippen molar-refractivity contribution in [3.8, 4) is 0 Å². The molecule has 164 valence electrons. The Morgan fingerprint density at radius 2 is 1.50 bits per heavy atom. The lowest BCUT2D eigenvalue weighted by Gasteiger charge is -2.40. The van der Waals surface area contributed by atoms with Crippen LogP contribution < -0.4 is 5.32 Å². The van der Waals surface area contributed by atoms with E-state index in [4.69, 9.17) is 4.99 Å². The van der Waals surface area contributed by atoms with Gasteiger partial charge in [-0.1, -0.05) is 6.92 Å². The van der Waals surface area contributed by atoms with E-state index in [9.17, 15) is 13.2 Å². The molecule has 0 bridgehead atoms. The fourth-order valence-corrected chi connectivity index (χ4v) is 3.81. The minimum Gasteiger partial charge on any atom is -0.357 e. The van der Waals surface area contributed by atoms with Gasteiger partial charge in [-0.3, -0.25) is 14.8 Å². The van der Waals surface area contributed by atoms with Crippen molar-refractivity contribution in [1.29, 1.82) is 0 Å². The van der Waals surface area contributed by atoms with Crippen molar-refractivity contribution in [2.45, 2.75) is 46.0 Å². The third kappa shape index (κ3) is 6.49. The highest BCUT2D eigenvalue weighted by atomic mass is 19.4. The number of alkyl halides is 3. The summed E-state index contributed by atoms with van der Waals surface area (Å²) in [7, 11) is 0. The first-order valence-corrected chi connectivity index (χ1v) is 10.6. The van der Waals surface area contributed by atoms with Gasteiger partial charge in [-0.25, -0.2) is 0 Å². The molecule has 28 heavy (non-hydrogen) atoms. The van der Waals surface area contributed by atoms with Crippen molar-refractivity contribution in [3.63, 3.8) is 0 Å². The molecule has 2 unspecified atom stereocenters. The maximum absolute atomic E-state index is 12.9. The molecule has 0 spiro atoms. The van der Waals surface area contributed by atoms with Gasteiger partial charge in [0, 0.05) is 64.9 Å². The van der Waals surface area contributed by atoms with Crippen molar-refractivity contribution in [1.82, 2.24) is 24.9 Å². The zero-order valence-corrected chi connectivity index (χ0v) is 17.8. The molecule has 1 N–H and O–H groups in total. The lowest BCUT2D eigenvalue weighted by molar-refractivity contribution is -0.181. The van der Waals surface area contributed by atoms with Gasteiger partial charge in [-0.15, -0.1) is 0 Å². The van der Waals surface area contributed by atoms with Crippen LogP contribution in [0.25, 0.3) is 0 Å². The van der Waals surface area contributed by atoms with Crippen LogP contribution in [0.5, 0.6) is 0 Å². The van der Waals surface area contributed by atoms with Crippen molar-refractivity contribution in [3.05, 3.63) is 0 Å². The molecule has 0 aromatic heterocycles. The Kier molecular flexibility index (Phi) is 8.82. The van der Waals surface area contributed by atoms with Crippen molar-refractivity contribution in [2.24, 2.45) is 4.99 Å². The average molecular weight is 407 g/mol. The first-order valence-electron chi connectivity index (χ1n) is 10.6. The first-order chi connectivity index (χ1) is 13.3. The summed E-state index contributed by atoms with van der Waals surface area (Å²) in [6.45, 7) is 16.5. The fourth-order valence-electron chi connectivity index (χ4n) is 3.81. The SMILES string of the molecule is CCNC(=NCC(C)N1CCN(CC)CC1)N1CCN(C(C)C(F)(F)F)CC1. The van der Waals surface area contributed by atoms with Gasteiger partial charge < -0.3 is 15.1 Å². The van der Waals surface area contributed by atoms with Gasteiger partial charge in [-0.2, -0.15) is 13.2 Å². The van der Waals surface area contributed by atoms with Crippen LogP contribution in [0, 0.1) is 0 Å². The van der Waals surface area contributed by atoms with Crippen LogP contribution in [0.3, 0.4) is 0 Å². The number of piperazine rings is 2. The lowest BCUT2D eigenvalue weighted by atomic mass is 10.2. The molecular weight excluding hydrogens is 369 g/mol. The standard InChI is InChI=1S/C19H37F3N6/c1-5-23-18(24-15-16(3)26-9-7-25(6-2)8-10-26)28-13-11-27(12-14-28)17(4)19(20,21)22/h16-17H,5-15H2,1-4H3,(H,23,24). The summed E-state index contributed by atoms with van der Waals surface area (Å²) in [5.74, 6) is 0.820. The molecule has 0 aromatic carbocycles. The molecule has 2 saturated heterocycles. The van der Waals surface area contributed by atoms with E-state index < -0.39 is 12.2 Å². The van der Waals surface area contributed by atoms with Gasteiger partial charge in [0.1, 0.15) is 6.04 Å². The van der Waals surface area contributed by atoms with Crippen LogP contribution in [-0.4, -0.2) is 116 Å². The van der Waals surface area contributed by atoms with E-state index in [2.05, 4.69) is 33.9 Å². The third-order valence-corrected chi connectivity index (χ3v) is 5.95. The van der Waals surface area contributed by atoms with E-state index in [1.54, 1.807) is 0 Å². The molecule has 2 atom stereocenters. The molecule has 0 amide bonds. The van der Waals surface area contributed by atoms with E-state index in [0.717, 1.165) is 45.2 Å². The number of halogens is 3. The topological polar surface area (TPSA) is 37.4 Å². The monoisotopic (exact) mass is 406 g/mol. The zero-order valence-electron chi connectivity index (χ0n) is 17.8. The van der Waals surface area contributed by atoms with Gasteiger partial charge in [0.05, 0.1) is 6.54 Å². The lowest BCUT2D eigenvalue weighted by Crippen LogP contribution is -2.57. The third-order valence-electron chi connectivity index (χ3n) is 5.95. The molecule has 2 fully saturated rings. The normalized spacial score (nSPS) is 23.7. The Morgan fingerprint density at radius 1 is 0.929 bits per heavy atom. The van der Waals surface area contributed by atoms with Gasteiger partial charge in [0.25, 0.3) is 0 Å². The summed E-state index contributed by atoms with van der Waals surface area (Å²) in [6, 6.07) is -1.03. The minimum absolute atomic E-state index is 0.360. The number of rotatable bonds is 6. The highest BCUT2D eigenvalue weighted by Gasteiger charge is 2.41. The number of hydrogen-bond acceptors (Lipinski definition) is 4. The van der Waals surface area contributed by atoms with E-state index in [1.165, 1.54) is 11.8 Å². The van der Waals surface area contributed by atoms with Gasteiger partial charge in [0.2, 0.25) is 0 Å². The molecule has 2 aliphatic heterocycles. The Hall–Kier alpha value is -1.06. The number of guanidine groups is 1. The number of hydrogen-bond donors (Lipinski definition) is 1. The van der Waals surface area contributed by atoms with Crippen molar-refractivity contribution in [2.75, 3.05) is 72.0 Å². The highest BCUT2D eigenvalue weighted by molar-refractivity contribution is 5.80. The predicted octanol–water partition coefficient (Wildman–Crippen LogP) is 1.55. The highest BCUT2D eigenvalue weighted by Crippen LogP contribution is 2.25. The van der Waals surface area contributed by atoms with Gasteiger partial charge in [0.15, 0.2) is 5.96 Å². The Labute approximate surface area is 167 Å². The Balaban J connectivity index is 1.87. The quantitative estimate of drug-likeness (QED) is 0.535. The van der Waals surface area contributed by atoms with E-state index >= 15 is 0 Å². The smallest absolute Gasteiger partial charge is 0.357 e. The molecule has 0 saturated carbocycles. The molecule has 6 nitrogen and oxygen atoms in total. The largest absolute Gasteiger partial charge is 0.403 e. The van der Waals surface area contributed by atoms with Crippen LogP contribution in [0.2, 0.25) is 0 Å². The van der Waals surface area contributed by atoms with Crippen LogP contribution in [-0.2, 0) is 0 Å².